The van der Waals surface area contributed by atoms with Gasteiger partial charge in [0.05, 0.1) is 36.8 Å². The fraction of sp³-hybridized carbons (Fsp3) is 0.368. The Morgan fingerprint density at radius 2 is 2.07 bits per heavy atom. The number of morpholine rings is 1. The second kappa shape index (κ2) is 7.32. The molecule has 1 aromatic carbocycles. The molecule has 27 heavy (non-hydrogen) atoms. The Kier molecular flexibility index (Phi) is 4.72. The summed E-state index contributed by atoms with van der Waals surface area (Å²) in [5.41, 5.74) is 3.98. The Hall–Kier alpha value is -3.00. The van der Waals surface area contributed by atoms with Crippen molar-refractivity contribution in [2.75, 3.05) is 19.8 Å². The summed E-state index contributed by atoms with van der Waals surface area (Å²) in [6.45, 7) is 5.73. The predicted molar refractivity (Wildman–Crippen MR) is 98.3 cm³/mol. The number of hydrogen-bond donors (Lipinski definition) is 0. The highest BCUT2D eigenvalue weighted by Crippen LogP contribution is 2.31. The third-order valence-electron chi connectivity index (χ3n) is 4.90. The van der Waals surface area contributed by atoms with Gasteiger partial charge in [-0.05, 0) is 26.0 Å². The molecule has 1 fully saturated rings. The average Bonchev–Trinajstić information content (AvgIpc) is 3.30. The molecule has 140 valence electrons. The average molecular weight is 366 g/mol. The van der Waals surface area contributed by atoms with E-state index < -0.39 is 0 Å². The molecular formula is C19H22N6O2. The number of amides is 1. The van der Waals surface area contributed by atoms with E-state index in [-0.39, 0.29) is 18.5 Å². The van der Waals surface area contributed by atoms with Crippen molar-refractivity contribution in [3.05, 3.63) is 59.7 Å². The van der Waals surface area contributed by atoms with Crippen molar-refractivity contribution >= 4 is 5.91 Å². The number of carbonyl (C=O) groups is 1. The van der Waals surface area contributed by atoms with Crippen molar-refractivity contribution in [1.29, 1.82) is 0 Å². The van der Waals surface area contributed by atoms with Gasteiger partial charge in [0.1, 0.15) is 6.54 Å². The summed E-state index contributed by atoms with van der Waals surface area (Å²) in [6, 6.07) is 9.84. The van der Waals surface area contributed by atoms with E-state index in [1.165, 1.54) is 0 Å². The summed E-state index contributed by atoms with van der Waals surface area (Å²) >= 11 is 0. The van der Waals surface area contributed by atoms with Crippen molar-refractivity contribution in [3.8, 4) is 5.69 Å². The minimum Gasteiger partial charge on any atom is -0.377 e. The molecule has 3 aromatic rings. The van der Waals surface area contributed by atoms with Gasteiger partial charge in [-0.2, -0.15) is 5.10 Å². The lowest BCUT2D eigenvalue weighted by atomic mass is 10.0. The quantitative estimate of drug-likeness (QED) is 0.702. The normalized spacial score (nSPS) is 17.3. The first kappa shape index (κ1) is 17.4. The Morgan fingerprint density at radius 3 is 2.81 bits per heavy atom. The second-order valence-corrected chi connectivity index (χ2v) is 6.61. The molecule has 0 saturated carbocycles. The maximum Gasteiger partial charge on any atom is 0.245 e. The number of aryl methyl sites for hydroxylation is 1. The molecule has 2 aromatic heterocycles. The van der Waals surface area contributed by atoms with Crippen LogP contribution in [0.4, 0.5) is 0 Å². The van der Waals surface area contributed by atoms with E-state index in [0.29, 0.717) is 19.8 Å². The van der Waals surface area contributed by atoms with E-state index in [9.17, 15) is 4.79 Å². The van der Waals surface area contributed by atoms with E-state index >= 15 is 0 Å². The minimum atomic E-state index is -0.160. The van der Waals surface area contributed by atoms with E-state index in [1.54, 1.807) is 17.1 Å². The first-order valence-corrected chi connectivity index (χ1v) is 8.98. The van der Waals surface area contributed by atoms with Gasteiger partial charge in [-0.1, -0.05) is 23.4 Å². The molecule has 1 amide bonds. The maximum absolute atomic E-state index is 12.9. The zero-order valence-electron chi connectivity index (χ0n) is 15.4. The van der Waals surface area contributed by atoms with Crippen LogP contribution in [0.5, 0.6) is 0 Å². The minimum absolute atomic E-state index is 0.0000566. The lowest BCUT2D eigenvalue weighted by molar-refractivity contribution is -0.141. The number of carbonyl (C=O) groups excluding carboxylic acids is 1. The summed E-state index contributed by atoms with van der Waals surface area (Å²) in [4.78, 5) is 14.8. The van der Waals surface area contributed by atoms with E-state index in [2.05, 4.69) is 10.3 Å². The highest BCUT2D eigenvalue weighted by Gasteiger charge is 2.33. The van der Waals surface area contributed by atoms with Gasteiger partial charge in [0.15, 0.2) is 0 Å². The summed E-state index contributed by atoms with van der Waals surface area (Å²) in [6.07, 6.45) is 3.26. The molecule has 1 aliphatic heterocycles. The molecule has 0 spiro atoms. The first-order valence-electron chi connectivity index (χ1n) is 8.98. The van der Waals surface area contributed by atoms with Crippen molar-refractivity contribution in [3.63, 3.8) is 0 Å². The number of aromatic nitrogens is 5. The van der Waals surface area contributed by atoms with Gasteiger partial charge < -0.3 is 9.64 Å². The van der Waals surface area contributed by atoms with Crippen LogP contribution in [0.3, 0.4) is 0 Å². The van der Waals surface area contributed by atoms with Crippen molar-refractivity contribution in [1.82, 2.24) is 29.7 Å². The molecule has 1 atom stereocenters. The zero-order chi connectivity index (χ0) is 18.8. The van der Waals surface area contributed by atoms with Gasteiger partial charge in [0, 0.05) is 24.0 Å². The molecule has 3 heterocycles. The fourth-order valence-corrected chi connectivity index (χ4v) is 3.65. The summed E-state index contributed by atoms with van der Waals surface area (Å²) < 4.78 is 9.18. The standard InChI is InChI=1S/C19H22N6O2/c1-14-19(15(2)25(21-14)16-6-4-3-5-7-16)17-13-27-11-10-24(17)18(26)12-23-9-8-20-22-23/h3-9,17H,10-13H2,1-2H3. The first-order chi connectivity index (χ1) is 13.1. The topological polar surface area (TPSA) is 78.1 Å². The van der Waals surface area contributed by atoms with Crippen molar-refractivity contribution in [2.24, 2.45) is 0 Å². The lowest BCUT2D eigenvalue weighted by Crippen LogP contribution is -2.45. The predicted octanol–water partition coefficient (Wildman–Crippen LogP) is 1.68. The molecule has 0 bridgehead atoms. The SMILES string of the molecule is Cc1nn(-c2ccccc2)c(C)c1C1COCCN1C(=O)Cn1ccnn1. The van der Waals surface area contributed by atoms with Crippen LogP contribution in [0.1, 0.15) is 23.0 Å². The van der Waals surface area contributed by atoms with Crippen LogP contribution in [0, 0.1) is 13.8 Å². The third kappa shape index (κ3) is 3.35. The highest BCUT2D eigenvalue weighted by atomic mass is 16.5. The number of para-hydroxylation sites is 1. The maximum atomic E-state index is 12.9. The molecule has 8 heteroatoms. The van der Waals surface area contributed by atoms with Crippen LogP contribution in [-0.2, 0) is 16.1 Å². The van der Waals surface area contributed by atoms with Crippen molar-refractivity contribution in [2.45, 2.75) is 26.4 Å². The van der Waals surface area contributed by atoms with Gasteiger partial charge in [-0.25, -0.2) is 9.36 Å². The lowest BCUT2D eigenvalue weighted by Gasteiger charge is -2.36. The number of nitrogens with zero attached hydrogens (tertiary/aromatic N) is 6. The van der Waals surface area contributed by atoms with Gasteiger partial charge in [-0.15, -0.1) is 5.10 Å². The Balaban J connectivity index is 1.66. The second-order valence-electron chi connectivity index (χ2n) is 6.61. The fourth-order valence-electron chi connectivity index (χ4n) is 3.65. The summed E-state index contributed by atoms with van der Waals surface area (Å²) in [5.74, 6) is 0.0000566. The number of benzene rings is 1. The molecule has 0 radical (unpaired) electrons. The number of ether oxygens (including phenoxy) is 1. The zero-order valence-corrected chi connectivity index (χ0v) is 15.4. The van der Waals surface area contributed by atoms with Gasteiger partial charge in [0.25, 0.3) is 0 Å². The number of hydrogen-bond acceptors (Lipinski definition) is 5. The highest BCUT2D eigenvalue weighted by molar-refractivity contribution is 5.76. The largest absolute Gasteiger partial charge is 0.377 e. The van der Waals surface area contributed by atoms with Crippen LogP contribution < -0.4 is 0 Å². The van der Waals surface area contributed by atoms with E-state index in [1.807, 2.05) is 53.8 Å². The molecule has 0 N–H and O–H groups in total. The molecule has 0 aliphatic carbocycles. The van der Waals surface area contributed by atoms with Crippen LogP contribution in [-0.4, -0.2) is 55.3 Å². The molecule has 1 unspecified atom stereocenters. The van der Waals surface area contributed by atoms with Crippen LogP contribution in [0.15, 0.2) is 42.7 Å². The summed E-state index contributed by atoms with van der Waals surface area (Å²) in [5, 5.41) is 12.4. The molecule has 1 aliphatic rings. The van der Waals surface area contributed by atoms with Crippen LogP contribution in [0.25, 0.3) is 5.69 Å². The van der Waals surface area contributed by atoms with E-state index in [4.69, 9.17) is 9.84 Å². The van der Waals surface area contributed by atoms with Crippen LogP contribution >= 0.6 is 0 Å². The Bertz CT molecular complexity index is 919. The molecule has 1 saturated heterocycles. The molecule has 4 rings (SSSR count). The summed E-state index contributed by atoms with van der Waals surface area (Å²) in [7, 11) is 0. The van der Waals surface area contributed by atoms with Gasteiger partial charge >= 0.3 is 0 Å². The monoisotopic (exact) mass is 366 g/mol. The van der Waals surface area contributed by atoms with Gasteiger partial charge in [0.2, 0.25) is 5.91 Å². The van der Waals surface area contributed by atoms with Crippen LogP contribution in [0.2, 0.25) is 0 Å². The Labute approximate surface area is 157 Å². The molecule has 8 nitrogen and oxygen atoms in total. The van der Waals surface area contributed by atoms with Crippen molar-refractivity contribution < 1.29 is 9.53 Å². The smallest absolute Gasteiger partial charge is 0.245 e. The Morgan fingerprint density at radius 1 is 1.26 bits per heavy atom. The molecular weight excluding hydrogens is 344 g/mol. The van der Waals surface area contributed by atoms with Gasteiger partial charge in [-0.3, -0.25) is 4.79 Å². The number of rotatable bonds is 4. The third-order valence-corrected chi connectivity index (χ3v) is 4.90. The van der Waals surface area contributed by atoms with E-state index in [0.717, 1.165) is 22.6 Å².